The lowest BCUT2D eigenvalue weighted by Crippen LogP contribution is -2.26. The van der Waals surface area contributed by atoms with Crippen molar-refractivity contribution in [2.75, 3.05) is 11.0 Å². The van der Waals surface area contributed by atoms with Crippen molar-refractivity contribution >= 4 is 28.5 Å². The number of halogens is 4. The Balaban J connectivity index is 2.66. The highest BCUT2D eigenvalue weighted by Gasteiger charge is 2.18. The SMILES string of the molecule is O=C(NCCCCI)c1ccc(F)c(F)c1F. The van der Waals surface area contributed by atoms with Crippen LogP contribution in [0.5, 0.6) is 0 Å². The van der Waals surface area contributed by atoms with Crippen molar-refractivity contribution in [2.45, 2.75) is 12.8 Å². The minimum absolute atomic E-state index is 0.389. The fourth-order valence-corrected chi connectivity index (χ4v) is 1.76. The number of hydrogen-bond acceptors (Lipinski definition) is 1. The lowest BCUT2D eigenvalue weighted by atomic mass is 10.2. The van der Waals surface area contributed by atoms with Crippen LogP contribution in [0.15, 0.2) is 12.1 Å². The van der Waals surface area contributed by atoms with Crippen molar-refractivity contribution in [3.63, 3.8) is 0 Å². The molecule has 1 rings (SSSR count). The van der Waals surface area contributed by atoms with Crippen molar-refractivity contribution in [1.82, 2.24) is 5.32 Å². The van der Waals surface area contributed by atoms with Crippen LogP contribution >= 0.6 is 22.6 Å². The minimum Gasteiger partial charge on any atom is -0.352 e. The molecule has 0 aromatic heterocycles. The van der Waals surface area contributed by atoms with Crippen LogP contribution in [-0.2, 0) is 0 Å². The van der Waals surface area contributed by atoms with Crippen molar-refractivity contribution in [3.8, 4) is 0 Å². The minimum atomic E-state index is -1.62. The van der Waals surface area contributed by atoms with Crippen LogP contribution in [0.4, 0.5) is 13.2 Å². The third kappa shape index (κ3) is 3.86. The van der Waals surface area contributed by atoms with Gasteiger partial charge in [0.2, 0.25) is 0 Å². The van der Waals surface area contributed by atoms with Gasteiger partial charge in [-0.25, -0.2) is 13.2 Å². The predicted molar refractivity (Wildman–Crippen MR) is 66.8 cm³/mol. The zero-order valence-electron chi connectivity index (χ0n) is 8.90. The van der Waals surface area contributed by atoms with Crippen LogP contribution in [0, 0.1) is 17.5 Å². The van der Waals surface area contributed by atoms with Gasteiger partial charge in [-0.1, -0.05) is 22.6 Å². The number of carbonyl (C=O) groups excluding carboxylic acids is 1. The van der Waals surface area contributed by atoms with Crippen molar-refractivity contribution in [2.24, 2.45) is 0 Å². The van der Waals surface area contributed by atoms with E-state index in [1.54, 1.807) is 0 Å². The Kier molecular flexibility index (Phi) is 5.73. The molecule has 0 spiro atoms. The van der Waals surface area contributed by atoms with Gasteiger partial charge in [0.1, 0.15) is 0 Å². The monoisotopic (exact) mass is 357 g/mol. The molecule has 0 heterocycles. The molecule has 0 saturated heterocycles. The van der Waals surface area contributed by atoms with Crippen molar-refractivity contribution < 1.29 is 18.0 Å². The van der Waals surface area contributed by atoms with Gasteiger partial charge < -0.3 is 5.32 Å². The highest BCUT2D eigenvalue weighted by molar-refractivity contribution is 14.1. The van der Waals surface area contributed by atoms with E-state index in [1.807, 2.05) is 0 Å². The first-order valence-corrected chi connectivity index (χ1v) is 6.58. The number of nitrogens with one attached hydrogen (secondary N) is 1. The van der Waals surface area contributed by atoms with E-state index in [0.717, 1.165) is 29.4 Å². The number of benzene rings is 1. The zero-order valence-corrected chi connectivity index (χ0v) is 11.1. The molecule has 2 nitrogen and oxygen atoms in total. The van der Waals surface area contributed by atoms with E-state index < -0.39 is 28.9 Å². The molecular weight excluding hydrogens is 346 g/mol. The topological polar surface area (TPSA) is 29.1 Å². The Morgan fingerprint density at radius 3 is 2.53 bits per heavy atom. The van der Waals surface area contributed by atoms with E-state index in [2.05, 4.69) is 27.9 Å². The van der Waals surface area contributed by atoms with Crippen LogP contribution in [0.1, 0.15) is 23.2 Å². The molecule has 94 valence electrons. The largest absolute Gasteiger partial charge is 0.352 e. The smallest absolute Gasteiger partial charge is 0.254 e. The summed E-state index contributed by atoms with van der Waals surface area (Å²) in [5.74, 6) is -5.10. The first-order chi connectivity index (χ1) is 8.07. The van der Waals surface area contributed by atoms with E-state index in [4.69, 9.17) is 0 Å². The maximum atomic E-state index is 13.2. The molecule has 0 atom stereocenters. The van der Waals surface area contributed by atoms with Gasteiger partial charge in [0.05, 0.1) is 5.56 Å². The fraction of sp³-hybridized carbons (Fsp3) is 0.364. The van der Waals surface area contributed by atoms with Gasteiger partial charge in [0.15, 0.2) is 17.5 Å². The average Bonchev–Trinajstić information content (AvgIpc) is 2.31. The van der Waals surface area contributed by atoms with Crippen LogP contribution in [0.3, 0.4) is 0 Å². The average molecular weight is 357 g/mol. The molecule has 0 saturated carbocycles. The van der Waals surface area contributed by atoms with E-state index >= 15 is 0 Å². The quantitative estimate of drug-likeness (QED) is 0.373. The summed E-state index contributed by atoms with van der Waals surface area (Å²) in [5.41, 5.74) is -0.474. The molecule has 17 heavy (non-hydrogen) atoms. The number of carbonyl (C=O) groups is 1. The fourth-order valence-electron chi connectivity index (χ4n) is 1.22. The van der Waals surface area contributed by atoms with Gasteiger partial charge in [-0.2, -0.15) is 0 Å². The molecule has 1 aromatic rings. The zero-order chi connectivity index (χ0) is 12.8. The molecule has 1 N–H and O–H groups in total. The van der Waals surface area contributed by atoms with Gasteiger partial charge in [0, 0.05) is 6.54 Å². The van der Waals surface area contributed by atoms with E-state index in [9.17, 15) is 18.0 Å². The molecular formula is C11H11F3INO. The summed E-state index contributed by atoms with van der Waals surface area (Å²) in [6, 6.07) is 1.67. The van der Waals surface area contributed by atoms with Crippen LogP contribution < -0.4 is 5.32 Å². The van der Waals surface area contributed by atoms with Crippen LogP contribution in [-0.4, -0.2) is 16.9 Å². The van der Waals surface area contributed by atoms with Gasteiger partial charge in [0.25, 0.3) is 5.91 Å². The standard InChI is InChI=1S/C11H11F3INO/c12-8-4-3-7(9(13)10(8)14)11(17)16-6-2-1-5-15/h3-4H,1-2,5-6H2,(H,16,17). The molecule has 0 bridgehead atoms. The molecule has 1 amide bonds. The third-order valence-corrected chi connectivity index (χ3v) is 2.89. The van der Waals surface area contributed by atoms with Gasteiger partial charge in [-0.15, -0.1) is 0 Å². The second kappa shape index (κ2) is 6.83. The lowest BCUT2D eigenvalue weighted by molar-refractivity contribution is 0.0948. The van der Waals surface area contributed by atoms with Crippen molar-refractivity contribution in [1.29, 1.82) is 0 Å². The highest BCUT2D eigenvalue weighted by Crippen LogP contribution is 2.14. The molecule has 6 heteroatoms. The number of hydrogen-bond donors (Lipinski definition) is 1. The summed E-state index contributed by atoms with van der Waals surface area (Å²) in [6.07, 6.45) is 1.70. The van der Waals surface area contributed by atoms with E-state index in [-0.39, 0.29) is 0 Å². The summed E-state index contributed by atoms with van der Waals surface area (Å²) >= 11 is 2.21. The molecule has 0 aliphatic carbocycles. The Bertz CT molecular complexity index is 412. The Hall–Kier alpha value is -0.790. The third-order valence-electron chi connectivity index (χ3n) is 2.13. The van der Waals surface area contributed by atoms with Gasteiger partial charge in [-0.05, 0) is 29.4 Å². The molecule has 0 fully saturated rings. The second-order valence-electron chi connectivity index (χ2n) is 3.37. The Morgan fingerprint density at radius 2 is 1.88 bits per heavy atom. The number of unbranched alkanes of at least 4 members (excludes halogenated alkanes) is 1. The highest BCUT2D eigenvalue weighted by atomic mass is 127. The Morgan fingerprint density at radius 1 is 1.18 bits per heavy atom. The first-order valence-electron chi connectivity index (χ1n) is 5.05. The van der Waals surface area contributed by atoms with Gasteiger partial charge in [-0.3, -0.25) is 4.79 Å². The van der Waals surface area contributed by atoms with Gasteiger partial charge >= 0.3 is 0 Å². The van der Waals surface area contributed by atoms with E-state index in [0.29, 0.717) is 6.54 Å². The number of amides is 1. The maximum Gasteiger partial charge on any atom is 0.254 e. The van der Waals surface area contributed by atoms with Crippen LogP contribution in [0.25, 0.3) is 0 Å². The predicted octanol–water partition coefficient (Wildman–Crippen LogP) is 3.05. The first kappa shape index (κ1) is 14.3. The lowest BCUT2D eigenvalue weighted by Gasteiger charge is -2.06. The molecule has 0 aliphatic heterocycles. The van der Waals surface area contributed by atoms with Crippen LogP contribution in [0.2, 0.25) is 0 Å². The number of alkyl halides is 1. The summed E-state index contributed by atoms with van der Waals surface area (Å²) < 4.78 is 39.7. The molecule has 0 unspecified atom stereocenters. The summed E-state index contributed by atoms with van der Waals surface area (Å²) in [6.45, 7) is 0.389. The number of rotatable bonds is 5. The second-order valence-corrected chi connectivity index (χ2v) is 4.45. The van der Waals surface area contributed by atoms with E-state index in [1.165, 1.54) is 0 Å². The maximum absolute atomic E-state index is 13.2. The molecule has 0 aliphatic rings. The summed E-state index contributed by atoms with van der Waals surface area (Å²) in [7, 11) is 0. The normalized spacial score (nSPS) is 10.4. The Labute approximate surface area is 111 Å². The summed E-state index contributed by atoms with van der Waals surface area (Å²) in [4.78, 5) is 11.5. The van der Waals surface area contributed by atoms with Crippen molar-refractivity contribution in [3.05, 3.63) is 35.1 Å². The summed E-state index contributed by atoms with van der Waals surface area (Å²) in [5, 5.41) is 2.45. The molecule has 1 aromatic carbocycles. The molecule has 0 radical (unpaired) electrons.